The highest BCUT2D eigenvalue weighted by Crippen LogP contribution is 2.25. The highest BCUT2D eigenvalue weighted by Gasteiger charge is 2.34. The van der Waals surface area contributed by atoms with E-state index in [9.17, 15) is 19.2 Å². The molecule has 2 N–H and O–H groups in total. The zero-order valence-electron chi connectivity index (χ0n) is 23.7. The van der Waals surface area contributed by atoms with E-state index in [0.717, 1.165) is 24.0 Å². The Balaban J connectivity index is 3.31. The molecule has 0 saturated carbocycles. The van der Waals surface area contributed by atoms with Crippen LogP contribution in [0.25, 0.3) is 0 Å². The van der Waals surface area contributed by atoms with Crippen molar-refractivity contribution in [3.8, 4) is 0 Å². The van der Waals surface area contributed by atoms with Gasteiger partial charge in [-0.3, -0.25) is 14.4 Å². The second-order valence-corrected chi connectivity index (χ2v) is 10.3. The van der Waals surface area contributed by atoms with Crippen molar-refractivity contribution in [2.24, 2.45) is 0 Å². The van der Waals surface area contributed by atoms with Crippen LogP contribution in [0.1, 0.15) is 90.0 Å². The molecule has 9 heteroatoms. The van der Waals surface area contributed by atoms with E-state index in [1.54, 1.807) is 34.6 Å². The molecule has 0 heterocycles. The van der Waals surface area contributed by atoms with E-state index < -0.39 is 41.6 Å². The Morgan fingerprint density at radius 2 is 1.62 bits per heavy atom. The molecule has 208 valence electrons. The fourth-order valence-corrected chi connectivity index (χ4v) is 3.95. The van der Waals surface area contributed by atoms with Gasteiger partial charge in [0, 0.05) is 13.1 Å². The molecular formula is C28H45N3O6. The van der Waals surface area contributed by atoms with Crippen molar-refractivity contribution >= 4 is 23.9 Å². The maximum atomic E-state index is 13.7. The second-order valence-electron chi connectivity index (χ2n) is 10.3. The van der Waals surface area contributed by atoms with Crippen LogP contribution in [0.4, 0.5) is 4.79 Å². The SMILES string of the molecule is CCCCCN(C(=O)C(C)NC(=O)OC(C)(C)C)C(C(=O)NCCC(=O)OCC)c1cc(C)cc(C)c1. The standard InChI is InChI=1S/C28H45N3O6/c1-9-11-12-15-31(26(34)21(5)30-27(35)37-28(6,7)8)24(22-17-19(3)16-20(4)18-22)25(33)29-14-13-23(32)36-10-2/h16-18,21,24H,9-15H2,1-8H3,(H,29,33)(H,30,35). The Bertz CT molecular complexity index is 905. The first kappa shape index (κ1) is 31.9. The number of unbranched alkanes of at least 4 members (excludes halogenated alkanes) is 2. The lowest BCUT2D eigenvalue weighted by Gasteiger charge is -2.34. The Morgan fingerprint density at radius 3 is 2.16 bits per heavy atom. The number of amides is 3. The minimum atomic E-state index is -0.937. The molecule has 0 aliphatic heterocycles. The van der Waals surface area contributed by atoms with Gasteiger partial charge in [-0.2, -0.15) is 0 Å². The summed E-state index contributed by atoms with van der Waals surface area (Å²) in [5, 5.41) is 5.40. The van der Waals surface area contributed by atoms with E-state index >= 15 is 0 Å². The van der Waals surface area contributed by atoms with Crippen molar-refractivity contribution in [1.29, 1.82) is 0 Å². The molecule has 0 aliphatic carbocycles. The first-order chi connectivity index (χ1) is 17.3. The fourth-order valence-electron chi connectivity index (χ4n) is 3.95. The number of nitrogens with zero attached hydrogens (tertiary/aromatic N) is 1. The first-order valence-corrected chi connectivity index (χ1v) is 13.1. The van der Waals surface area contributed by atoms with E-state index in [1.165, 1.54) is 4.90 Å². The van der Waals surface area contributed by atoms with Crippen LogP contribution in [0.3, 0.4) is 0 Å². The van der Waals surface area contributed by atoms with Crippen LogP contribution in [-0.2, 0) is 23.9 Å². The normalized spacial score (nSPS) is 12.8. The number of hydrogen-bond acceptors (Lipinski definition) is 6. The van der Waals surface area contributed by atoms with Gasteiger partial charge in [0.2, 0.25) is 11.8 Å². The van der Waals surface area contributed by atoms with Crippen molar-refractivity contribution in [3.63, 3.8) is 0 Å². The van der Waals surface area contributed by atoms with E-state index in [1.807, 2.05) is 32.0 Å². The van der Waals surface area contributed by atoms with E-state index in [4.69, 9.17) is 9.47 Å². The molecule has 0 fully saturated rings. The number of alkyl carbamates (subject to hydrolysis) is 1. The van der Waals surface area contributed by atoms with Gasteiger partial charge in [-0.05, 0) is 60.5 Å². The molecule has 0 radical (unpaired) electrons. The van der Waals surface area contributed by atoms with Crippen LogP contribution in [0, 0.1) is 13.8 Å². The van der Waals surface area contributed by atoms with Crippen molar-refractivity contribution in [2.45, 2.75) is 98.8 Å². The number of aryl methyl sites for hydroxylation is 2. The maximum absolute atomic E-state index is 13.7. The van der Waals surface area contributed by atoms with E-state index in [2.05, 4.69) is 17.6 Å². The number of rotatable bonds is 13. The summed E-state index contributed by atoms with van der Waals surface area (Å²) in [6.07, 6.45) is 1.83. The smallest absolute Gasteiger partial charge is 0.408 e. The van der Waals surface area contributed by atoms with Gasteiger partial charge in [-0.15, -0.1) is 0 Å². The molecule has 1 aromatic carbocycles. The summed E-state index contributed by atoms with van der Waals surface area (Å²) in [6.45, 7) is 15.1. The number of carbonyl (C=O) groups is 4. The zero-order chi connectivity index (χ0) is 28.2. The number of ether oxygens (including phenoxy) is 2. The molecule has 3 amide bonds. The van der Waals surface area contributed by atoms with Gasteiger partial charge in [-0.1, -0.05) is 49.1 Å². The Labute approximate surface area is 221 Å². The van der Waals surface area contributed by atoms with Crippen molar-refractivity contribution in [1.82, 2.24) is 15.5 Å². The maximum Gasteiger partial charge on any atom is 0.408 e. The third-order valence-electron chi connectivity index (χ3n) is 5.44. The molecular weight excluding hydrogens is 474 g/mol. The van der Waals surface area contributed by atoms with Crippen LogP contribution in [0.2, 0.25) is 0 Å². The minimum Gasteiger partial charge on any atom is -0.466 e. The van der Waals surface area contributed by atoms with Crippen LogP contribution in [0.15, 0.2) is 18.2 Å². The average Bonchev–Trinajstić information content (AvgIpc) is 2.76. The number of benzene rings is 1. The summed E-state index contributed by atoms with van der Waals surface area (Å²) in [5.74, 6) is -1.20. The summed E-state index contributed by atoms with van der Waals surface area (Å²) in [5.41, 5.74) is 1.87. The van der Waals surface area contributed by atoms with Gasteiger partial charge in [0.25, 0.3) is 0 Å². The predicted molar refractivity (Wildman–Crippen MR) is 143 cm³/mol. The van der Waals surface area contributed by atoms with Crippen molar-refractivity contribution in [3.05, 3.63) is 34.9 Å². The fraction of sp³-hybridized carbons (Fsp3) is 0.643. The molecule has 9 nitrogen and oxygen atoms in total. The summed E-state index contributed by atoms with van der Waals surface area (Å²) < 4.78 is 10.3. The molecule has 1 rings (SSSR count). The second kappa shape index (κ2) is 15.2. The third-order valence-corrected chi connectivity index (χ3v) is 5.44. The predicted octanol–water partition coefficient (Wildman–Crippen LogP) is 4.35. The monoisotopic (exact) mass is 519 g/mol. The molecule has 0 saturated heterocycles. The van der Waals surface area contributed by atoms with E-state index in [0.29, 0.717) is 18.5 Å². The van der Waals surface area contributed by atoms with Crippen molar-refractivity contribution < 1.29 is 28.7 Å². The average molecular weight is 520 g/mol. The highest BCUT2D eigenvalue weighted by atomic mass is 16.6. The summed E-state index contributed by atoms with van der Waals surface area (Å²) >= 11 is 0. The minimum absolute atomic E-state index is 0.0273. The molecule has 0 aliphatic rings. The van der Waals surface area contributed by atoms with Gasteiger partial charge in [-0.25, -0.2) is 4.79 Å². The zero-order valence-corrected chi connectivity index (χ0v) is 23.7. The lowest BCUT2D eigenvalue weighted by molar-refractivity contribution is -0.144. The molecule has 2 atom stereocenters. The van der Waals surface area contributed by atoms with Crippen molar-refractivity contribution in [2.75, 3.05) is 19.7 Å². The van der Waals surface area contributed by atoms with Crippen LogP contribution < -0.4 is 10.6 Å². The third kappa shape index (κ3) is 11.7. The molecule has 0 bridgehead atoms. The number of esters is 1. The lowest BCUT2D eigenvalue weighted by atomic mass is 9.98. The van der Waals surface area contributed by atoms with Crippen LogP contribution in [0.5, 0.6) is 0 Å². The van der Waals surface area contributed by atoms with Gasteiger partial charge in [0.15, 0.2) is 0 Å². The van der Waals surface area contributed by atoms with Gasteiger partial charge >= 0.3 is 12.1 Å². The topological polar surface area (TPSA) is 114 Å². The molecule has 2 unspecified atom stereocenters. The molecule has 0 aromatic heterocycles. The van der Waals surface area contributed by atoms with Gasteiger partial charge < -0.3 is 25.0 Å². The number of nitrogens with one attached hydrogen (secondary N) is 2. The number of carbonyl (C=O) groups excluding carboxylic acids is 4. The Hall–Kier alpha value is -3.10. The largest absolute Gasteiger partial charge is 0.466 e. The Morgan fingerprint density at radius 1 is 1.00 bits per heavy atom. The highest BCUT2D eigenvalue weighted by molar-refractivity contribution is 5.92. The van der Waals surface area contributed by atoms with E-state index in [-0.39, 0.29) is 19.6 Å². The summed E-state index contributed by atoms with van der Waals surface area (Å²) in [7, 11) is 0. The number of hydrogen-bond donors (Lipinski definition) is 2. The van der Waals surface area contributed by atoms with Gasteiger partial charge in [0.05, 0.1) is 13.0 Å². The molecule has 37 heavy (non-hydrogen) atoms. The van der Waals surface area contributed by atoms with Crippen LogP contribution >= 0.6 is 0 Å². The quantitative estimate of drug-likeness (QED) is 0.296. The molecule has 1 aromatic rings. The van der Waals surface area contributed by atoms with Crippen LogP contribution in [-0.4, -0.2) is 60.1 Å². The Kier molecular flexibility index (Phi) is 13.1. The molecule has 0 spiro atoms. The van der Waals surface area contributed by atoms with Gasteiger partial charge in [0.1, 0.15) is 17.7 Å². The first-order valence-electron chi connectivity index (χ1n) is 13.1. The summed E-state index contributed by atoms with van der Waals surface area (Å²) in [6, 6.07) is 3.91. The lowest BCUT2D eigenvalue weighted by Crippen LogP contribution is -2.52. The summed E-state index contributed by atoms with van der Waals surface area (Å²) in [4.78, 5) is 52.9.